The Bertz CT molecular complexity index is 418. The van der Waals surface area contributed by atoms with Crippen LogP contribution in [0.3, 0.4) is 0 Å². The van der Waals surface area contributed by atoms with Crippen molar-refractivity contribution in [2.45, 2.75) is 25.2 Å². The van der Waals surface area contributed by atoms with Crippen LogP contribution in [0.2, 0.25) is 10.0 Å². The van der Waals surface area contributed by atoms with Crippen molar-refractivity contribution in [3.8, 4) is 0 Å². The van der Waals surface area contributed by atoms with E-state index < -0.39 is 0 Å². The molecule has 1 N–H and O–H groups in total. The van der Waals surface area contributed by atoms with E-state index >= 15 is 0 Å². The number of halogens is 2. The molecule has 0 bridgehead atoms. The highest BCUT2D eigenvalue weighted by Gasteiger charge is 2.32. The van der Waals surface area contributed by atoms with E-state index in [9.17, 15) is 0 Å². The second-order valence-corrected chi connectivity index (χ2v) is 5.38. The summed E-state index contributed by atoms with van der Waals surface area (Å²) in [5.41, 5.74) is 1.43. The predicted octanol–water partition coefficient (Wildman–Crippen LogP) is 4.19. The van der Waals surface area contributed by atoms with Crippen LogP contribution in [-0.4, -0.2) is 13.1 Å². The molecule has 0 fully saturated rings. The molecule has 1 aliphatic carbocycles. The van der Waals surface area contributed by atoms with Gasteiger partial charge in [-0.25, -0.2) is 0 Å². The maximum Gasteiger partial charge on any atom is 0.0595 e. The number of rotatable bonds is 4. The van der Waals surface area contributed by atoms with Crippen LogP contribution >= 0.6 is 23.2 Å². The summed E-state index contributed by atoms with van der Waals surface area (Å²) in [6.45, 7) is 4.10. The first-order valence-electron chi connectivity index (χ1n) is 5.99. The molecule has 0 amide bonds. The highest BCUT2D eigenvalue weighted by atomic mass is 35.5. The van der Waals surface area contributed by atoms with Gasteiger partial charge in [0, 0.05) is 12.0 Å². The Morgan fingerprint density at radius 2 is 1.88 bits per heavy atom. The maximum absolute atomic E-state index is 6.12. The van der Waals surface area contributed by atoms with Gasteiger partial charge < -0.3 is 5.32 Å². The van der Waals surface area contributed by atoms with Crippen LogP contribution in [0.15, 0.2) is 30.4 Å². The van der Waals surface area contributed by atoms with Gasteiger partial charge in [-0.3, -0.25) is 0 Å². The second kappa shape index (κ2) is 5.43. The first-order chi connectivity index (χ1) is 8.18. The van der Waals surface area contributed by atoms with Crippen molar-refractivity contribution < 1.29 is 0 Å². The van der Waals surface area contributed by atoms with E-state index in [1.807, 2.05) is 12.1 Å². The molecule has 0 aliphatic heterocycles. The van der Waals surface area contributed by atoms with Gasteiger partial charge in [0.05, 0.1) is 10.0 Å². The summed E-state index contributed by atoms with van der Waals surface area (Å²) in [6.07, 6.45) is 6.63. The van der Waals surface area contributed by atoms with Crippen LogP contribution < -0.4 is 5.32 Å². The molecule has 1 nitrogen and oxygen atoms in total. The minimum atomic E-state index is 0.157. The quantitative estimate of drug-likeness (QED) is 0.809. The monoisotopic (exact) mass is 269 g/mol. The summed E-state index contributed by atoms with van der Waals surface area (Å²) in [7, 11) is 0. The zero-order chi connectivity index (χ0) is 12.3. The standard InChI is InChI=1S/C14H17Cl2N/c1-2-17-10-14(7-3-4-8-14)11-5-6-12(15)13(16)9-11/h3-6,9,17H,2,7-8,10H2,1H3. The van der Waals surface area contributed by atoms with Gasteiger partial charge in [0.15, 0.2) is 0 Å². The van der Waals surface area contributed by atoms with E-state index in [4.69, 9.17) is 23.2 Å². The first-order valence-corrected chi connectivity index (χ1v) is 6.75. The van der Waals surface area contributed by atoms with Gasteiger partial charge in [0.25, 0.3) is 0 Å². The number of benzene rings is 1. The molecule has 17 heavy (non-hydrogen) atoms. The van der Waals surface area contributed by atoms with Crippen molar-refractivity contribution in [2.24, 2.45) is 0 Å². The number of hydrogen-bond donors (Lipinski definition) is 1. The highest BCUT2D eigenvalue weighted by molar-refractivity contribution is 6.42. The zero-order valence-electron chi connectivity index (χ0n) is 9.97. The van der Waals surface area contributed by atoms with Gasteiger partial charge in [0.1, 0.15) is 0 Å². The fourth-order valence-corrected chi connectivity index (χ4v) is 2.67. The van der Waals surface area contributed by atoms with Crippen molar-refractivity contribution in [1.82, 2.24) is 5.32 Å². The first kappa shape index (κ1) is 12.9. The van der Waals surface area contributed by atoms with Crippen LogP contribution in [0.25, 0.3) is 0 Å². The number of nitrogens with one attached hydrogen (secondary N) is 1. The van der Waals surface area contributed by atoms with Crippen molar-refractivity contribution >= 4 is 23.2 Å². The molecule has 0 saturated carbocycles. The summed E-state index contributed by atoms with van der Waals surface area (Å²) < 4.78 is 0. The average Bonchev–Trinajstić information content (AvgIpc) is 2.80. The molecular weight excluding hydrogens is 253 g/mol. The lowest BCUT2D eigenvalue weighted by Crippen LogP contribution is -2.36. The highest BCUT2D eigenvalue weighted by Crippen LogP contribution is 2.38. The average molecular weight is 270 g/mol. The fourth-order valence-electron chi connectivity index (χ4n) is 2.37. The van der Waals surface area contributed by atoms with Crippen LogP contribution in [0.1, 0.15) is 25.3 Å². The molecule has 2 rings (SSSR count). The second-order valence-electron chi connectivity index (χ2n) is 4.57. The summed E-state index contributed by atoms with van der Waals surface area (Å²) in [6, 6.07) is 6.00. The van der Waals surface area contributed by atoms with Crippen LogP contribution in [0, 0.1) is 0 Å². The lowest BCUT2D eigenvalue weighted by molar-refractivity contribution is 0.424. The Balaban J connectivity index is 2.29. The Labute approximate surface area is 113 Å². The summed E-state index contributed by atoms with van der Waals surface area (Å²) >= 11 is 12.1. The van der Waals surface area contributed by atoms with Crippen LogP contribution in [0.4, 0.5) is 0 Å². The largest absolute Gasteiger partial charge is 0.316 e. The maximum atomic E-state index is 6.12. The Morgan fingerprint density at radius 1 is 1.18 bits per heavy atom. The molecule has 0 aromatic heterocycles. The fraction of sp³-hybridized carbons (Fsp3) is 0.429. The smallest absolute Gasteiger partial charge is 0.0595 e. The summed E-state index contributed by atoms with van der Waals surface area (Å²) in [5.74, 6) is 0. The molecule has 1 aromatic carbocycles. The van der Waals surface area contributed by atoms with E-state index in [2.05, 4.69) is 30.5 Å². The van der Waals surface area contributed by atoms with Gasteiger partial charge in [-0.05, 0) is 37.1 Å². The molecule has 1 aliphatic rings. The molecule has 0 spiro atoms. The lowest BCUT2D eigenvalue weighted by atomic mass is 9.78. The molecule has 0 unspecified atom stereocenters. The van der Waals surface area contributed by atoms with Crippen molar-refractivity contribution in [3.63, 3.8) is 0 Å². The molecule has 1 aromatic rings. The molecule has 0 atom stereocenters. The van der Waals surface area contributed by atoms with E-state index in [-0.39, 0.29) is 5.41 Å². The minimum absolute atomic E-state index is 0.157. The normalized spacial score (nSPS) is 17.6. The van der Waals surface area contributed by atoms with E-state index in [1.54, 1.807) is 0 Å². The number of hydrogen-bond acceptors (Lipinski definition) is 1. The summed E-state index contributed by atoms with van der Waals surface area (Å²) in [5, 5.41) is 4.72. The van der Waals surface area contributed by atoms with Gasteiger partial charge >= 0.3 is 0 Å². The van der Waals surface area contributed by atoms with Crippen LogP contribution in [0.5, 0.6) is 0 Å². The van der Waals surface area contributed by atoms with E-state index in [0.29, 0.717) is 10.0 Å². The number of likely N-dealkylation sites (N-methyl/N-ethyl adjacent to an activating group) is 1. The molecular formula is C14H17Cl2N. The minimum Gasteiger partial charge on any atom is -0.316 e. The Kier molecular flexibility index (Phi) is 4.13. The van der Waals surface area contributed by atoms with Crippen molar-refractivity contribution in [3.05, 3.63) is 46.0 Å². The van der Waals surface area contributed by atoms with Gasteiger partial charge in [0.2, 0.25) is 0 Å². The Morgan fingerprint density at radius 3 is 2.47 bits per heavy atom. The van der Waals surface area contributed by atoms with Crippen molar-refractivity contribution in [1.29, 1.82) is 0 Å². The van der Waals surface area contributed by atoms with Gasteiger partial charge in [-0.2, -0.15) is 0 Å². The topological polar surface area (TPSA) is 12.0 Å². The molecule has 92 valence electrons. The third-order valence-corrected chi connectivity index (χ3v) is 4.17. The lowest BCUT2D eigenvalue weighted by Gasteiger charge is -2.30. The summed E-state index contributed by atoms with van der Waals surface area (Å²) in [4.78, 5) is 0. The van der Waals surface area contributed by atoms with E-state index in [1.165, 1.54) is 5.56 Å². The van der Waals surface area contributed by atoms with Gasteiger partial charge in [-0.15, -0.1) is 0 Å². The molecule has 0 heterocycles. The van der Waals surface area contributed by atoms with Gasteiger partial charge in [-0.1, -0.05) is 48.3 Å². The molecule has 3 heteroatoms. The predicted molar refractivity (Wildman–Crippen MR) is 75.1 cm³/mol. The van der Waals surface area contributed by atoms with Crippen molar-refractivity contribution in [2.75, 3.05) is 13.1 Å². The zero-order valence-corrected chi connectivity index (χ0v) is 11.5. The molecule has 0 saturated heterocycles. The molecule has 0 radical (unpaired) electrons. The Hall–Kier alpha value is -0.500. The van der Waals surface area contributed by atoms with E-state index in [0.717, 1.165) is 25.9 Å². The number of allylic oxidation sites excluding steroid dienone is 2. The SMILES string of the molecule is CCNCC1(c2ccc(Cl)c(Cl)c2)CC=CC1. The third-order valence-electron chi connectivity index (χ3n) is 3.43. The van der Waals surface area contributed by atoms with Crippen LogP contribution in [-0.2, 0) is 5.41 Å². The third kappa shape index (κ3) is 2.67.